The number of hydrogen-bond donors (Lipinski definition) is 0. The molecule has 0 unspecified atom stereocenters. The maximum absolute atomic E-state index is 13.1. The summed E-state index contributed by atoms with van der Waals surface area (Å²) in [7, 11) is 3.27. The fraction of sp³-hybridized carbons (Fsp3) is 0.150. The van der Waals surface area contributed by atoms with Crippen molar-refractivity contribution in [2.45, 2.75) is 6.54 Å². The van der Waals surface area contributed by atoms with Crippen molar-refractivity contribution >= 4 is 5.91 Å². The first-order chi connectivity index (χ1) is 12.6. The number of aromatic nitrogens is 2. The number of amides is 1. The van der Waals surface area contributed by atoms with E-state index in [1.165, 1.54) is 19.4 Å². The van der Waals surface area contributed by atoms with Gasteiger partial charge in [-0.1, -0.05) is 12.1 Å². The Morgan fingerprint density at radius 3 is 2.62 bits per heavy atom. The van der Waals surface area contributed by atoms with Crippen LogP contribution < -0.4 is 4.74 Å². The highest BCUT2D eigenvalue weighted by atomic mass is 19.1. The third kappa shape index (κ3) is 2.69. The molecule has 1 aromatic carbocycles. The van der Waals surface area contributed by atoms with Crippen LogP contribution in [0.2, 0.25) is 0 Å². The van der Waals surface area contributed by atoms with Crippen molar-refractivity contribution in [2.24, 2.45) is 0 Å². The van der Waals surface area contributed by atoms with Gasteiger partial charge >= 0.3 is 0 Å². The van der Waals surface area contributed by atoms with Crippen LogP contribution in [0.4, 0.5) is 4.39 Å². The van der Waals surface area contributed by atoms with Crippen molar-refractivity contribution in [3.05, 3.63) is 65.9 Å². The molecule has 4 rings (SSSR count). The van der Waals surface area contributed by atoms with Crippen LogP contribution in [-0.4, -0.2) is 34.9 Å². The normalized spacial score (nSPS) is 13.0. The Hall–Kier alpha value is -3.28. The number of benzene rings is 1. The predicted octanol–water partition coefficient (Wildman–Crippen LogP) is 3.54. The lowest BCUT2D eigenvalue weighted by Gasteiger charge is -2.14. The van der Waals surface area contributed by atoms with E-state index in [9.17, 15) is 9.18 Å². The summed E-state index contributed by atoms with van der Waals surface area (Å²) >= 11 is 0. The summed E-state index contributed by atoms with van der Waals surface area (Å²) in [5.74, 6) is -0.273. The fourth-order valence-electron chi connectivity index (χ4n) is 3.13. The Morgan fingerprint density at radius 1 is 1.08 bits per heavy atom. The zero-order valence-electron chi connectivity index (χ0n) is 14.4. The van der Waals surface area contributed by atoms with E-state index in [-0.39, 0.29) is 5.91 Å². The van der Waals surface area contributed by atoms with E-state index < -0.39 is 5.95 Å². The number of nitrogens with zero attached hydrogens (tertiary/aromatic N) is 3. The van der Waals surface area contributed by atoms with E-state index in [2.05, 4.69) is 9.97 Å². The zero-order valence-corrected chi connectivity index (χ0v) is 14.4. The average molecular weight is 349 g/mol. The van der Waals surface area contributed by atoms with E-state index in [1.54, 1.807) is 24.1 Å². The van der Waals surface area contributed by atoms with Crippen LogP contribution in [0.25, 0.3) is 22.3 Å². The Kier molecular flexibility index (Phi) is 3.88. The molecule has 0 atom stereocenters. The molecule has 0 bridgehead atoms. The number of rotatable bonds is 2. The molecule has 26 heavy (non-hydrogen) atoms. The van der Waals surface area contributed by atoms with Gasteiger partial charge in [0.05, 0.1) is 7.11 Å². The molecule has 2 aromatic heterocycles. The summed E-state index contributed by atoms with van der Waals surface area (Å²) in [4.78, 5) is 22.4. The Bertz CT molecular complexity index is 1000. The number of carbonyl (C=O) groups is 1. The number of halogens is 1. The quantitative estimate of drug-likeness (QED) is 0.664. The van der Waals surface area contributed by atoms with Crippen LogP contribution in [0.1, 0.15) is 16.1 Å². The standard InChI is InChI=1S/C20H16FN3O2/c1-24-11-14-4-3-12(13-5-7-17(21)22-10-13)9-16(14)15-6-8-18(26-2)23-19(15)20(24)25/h3-10H,11H2,1-2H3. The van der Waals surface area contributed by atoms with Crippen LogP contribution in [-0.2, 0) is 6.54 Å². The summed E-state index contributed by atoms with van der Waals surface area (Å²) in [5.41, 5.74) is 4.77. The van der Waals surface area contributed by atoms with Crippen molar-refractivity contribution < 1.29 is 13.9 Å². The number of pyridine rings is 2. The Balaban J connectivity index is 1.91. The second kappa shape index (κ2) is 6.22. The maximum Gasteiger partial charge on any atom is 0.273 e. The minimum absolute atomic E-state index is 0.153. The van der Waals surface area contributed by atoms with E-state index >= 15 is 0 Å². The van der Waals surface area contributed by atoms with Gasteiger partial charge in [0.1, 0.15) is 5.69 Å². The first kappa shape index (κ1) is 16.2. The molecule has 1 aliphatic heterocycles. The minimum atomic E-state index is -0.516. The lowest BCUT2D eigenvalue weighted by Crippen LogP contribution is -2.25. The number of methoxy groups -OCH3 is 1. The molecule has 1 aliphatic rings. The van der Waals surface area contributed by atoms with Crippen LogP contribution >= 0.6 is 0 Å². The summed E-state index contributed by atoms with van der Waals surface area (Å²) in [5, 5.41) is 0. The van der Waals surface area contributed by atoms with Gasteiger partial charge < -0.3 is 9.64 Å². The first-order valence-electron chi connectivity index (χ1n) is 8.12. The fourth-order valence-corrected chi connectivity index (χ4v) is 3.13. The van der Waals surface area contributed by atoms with Crippen molar-refractivity contribution in [3.63, 3.8) is 0 Å². The summed E-state index contributed by atoms with van der Waals surface area (Å²) < 4.78 is 18.3. The van der Waals surface area contributed by atoms with Crippen LogP contribution in [0.5, 0.6) is 5.88 Å². The predicted molar refractivity (Wildman–Crippen MR) is 95.2 cm³/mol. The minimum Gasteiger partial charge on any atom is -0.481 e. The number of carbonyl (C=O) groups excluding carboxylic acids is 1. The van der Waals surface area contributed by atoms with Crippen molar-refractivity contribution in [3.8, 4) is 28.1 Å². The second-order valence-electron chi connectivity index (χ2n) is 6.15. The third-order valence-corrected chi connectivity index (χ3v) is 4.50. The molecule has 0 aliphatic carbocycles. The van der Waals surface area contributed by atoms with Crippen molar-refractivity contribution in [1.82, 2.24) is 14.9 Å². The molecule has 3 heterocycles. The highest BCUT2D eigenvalue weighted by molar-refractivity contribution is 6.01. The van der Waals surface area contributed by atoms with Crippen LogP contribution in [0.3, 0.4) is 0 Å². The molecule has 0 spiro atoms. The van der Waals surface area contributed by atoms with Gasteiger partial charge in [-0.25, -0.2) is 9.97 Å². The maximum atomic E-state index is 13.1. The summed E-state index contributed by atoms with van der Waals surface area (Å²) in [6.07, 6.45) is 1.50. The highest BCUT2D eigenvalue weighted by Crippen LogP contribution is 2.35. The topological polar surface area (TPSA) is 55.3 Å². The lowest BCUT2D eigenvalue weighted by atomic mass is 9.95. The molecular formula is C20H16FN3O2. The van der Waals surface area contributed by atoms with Gasteiger partial charge in [0.25, 0.3) is 5.91 Å². The first-order valence-corrected chi connectivity index (χ1v) is 8.12. The molecule has 3 aromatic rings. The number of fused-ring (bicyclic) bond motifs is 3. The van der Waals surface area contributed by atoms with E-state index in [1.807, 2.05) is 24.3 Å². The smallest absolute Gasteiger partial charge is 0.273 e. The Morgan fingerprint density at radius 2 is 1.88 bits per heavy atom. The summed E-state index contributed by atoms with van der Waals surface area (Å²) in [6.45, 7) is 0.481. The zero-order chi connectivity index (χ0) is 18.3. The lowest BCUT2D eigenvalue weighted by molar-refractivity contribution is 0.0782. The molecule has 0 saturated carbocycles. The molecule has 1 amide bonds. The van der Waals surface area contributed by atoms with Gasteiger partial charge in [0.2, 0.25) is 11.8 Å². The van der Waals surface area contributed by atoms with E-state index in [0.717, 1.165) is 27.8 Å². The highest BCUT2D eigenvalue weighted by Gasteiger charge is 2.26. The average Bonchev–Trinajstić information content (AvgIpc) is 2.77. The molecule has 0 fully saturated rings. The van der Waals surface area contributed by atoms with Crippen molar-refractivity contribution in [2.75, 3.05) is 14.2 Å². The molecular weight excluding hydrogens is 333 g/mol. The van der Waals surface area contributed by atoms with Gasteiger partial charge in [0, 0.05) is 37.0 Å². The van der Waals surface area contributed by atoms with Gasteiger partial charge in [-0.05, 0) is 41.0 Å². The van der Waals surface area contributed by atoms with Crippen LogP contribution in [0.15, 0.2) is 48.7 Å². The molecule has 0 radical (unpaired) electrons. The molecule has 0 saturated heterocycles. The van der Waals surface area contributed by atoms with Crippen molar-refractivity contribution in [1.29, 1.82) is 0 Å². The van der Waals surface area contributed by atoms with Gasteiger partial charge in [-0.15, -0.1) is 0 Å². The second-order valence-corrected chi connectivity index (χ2v) is 6.15. The SMILES string of the molecule is COc1ccc2c(n1)C(=O)N(C)Cc1ccc(-c3ccc(F)nc3)cc1-2. The van der Waals surface area contributed by atoms with Gasteiger partial charge in [-0.3, -0.25) is 4.79 Å². The van der Waals surface area contributed by atoms with Crippen LogP contribution in [0, 0.1) is 5.95 Å². The molecule has 5 nitrogen and oxygen atoms in total. The summed E-state index contributed by atoms with van der Waals surface area (Å²) in [6, 6.07) is 12.5. The molecule has 130 valence electrons. The molecule has 6 heteroatoms. The van der Waals surface area contributed by atoms with E-state index in [4.69, 9.17) is 4.74 Å². The number of ether oxygens (including phenoxy) is 1. The van der Waals surface area contributed by atoms with E-state index in [0.29, 0.717) is 18.1 Å². The number of hydrogen-bond acceptors (Lipinski definition) is 4. The van der Waals surface area contributed by atoms with Gasteiger partial charge in [0.15, 0.2) is 0 Å². The molecule has 0 N–H and O–H groups in total. The van der Waals surface area contributed by atoms with Gasteiger partial charge in [-0.2, -0.15) is 4.39 Å². The Labute approximate surface area is 150 Å². The monoisotopic (exact) mass is 349 g/mol. The third-order valence-electron chi connectivity index (χ3n) is 4.50. The largest absolute Gasteiger partial charge is 0.481 e.